The van der Waals surface area contributed by atoms with E-state index >= 15 is 0 Å². The molecule has 0 amide bonds. The maximum Gasteiger partial charge on any atom is 0.103 e. The van der Waals surface area contributed by atoms with E-state index in [-0.39, 0.29) is 6.10 Å². The molecule has 0 fully saturated rings. The number of imidazole rings is 1. The van der Waals surface area contributed by atoms with Gasteiger partial charge in [0.1, 0.15) is 5.82 Å². The van der Waals surface area contributed by atoms with Gasteiger partial charge in [0.2, 0.25) is 0 Å². The molecule has 0 aliphatic rings. The van der Waals surface area contributed by atoms with Crippen molar-refractivity contribution in [3.8, 4) is 0 Å². The van der Waals surface area contributed by atoms with Gasteiger partial charge in [0.15, 0.2) is 0 Å². The Hall–Kier alpha value is -0.830. The van der Waals surface area contributed by atoms with Gasteiger partial charge in [0.25, 0.3) is 0 Å². The Morgan fingerprint density at radius 2 is 2.50 bits per heavy atom. The predicted octanol–water partition coefficient (Wildman–Crippen LogP) is 0.641. The van der Waals surface area contributed by atoms with E-state index in [1.807, 2.05) is 13.1 Å². The molecule has 2 N–H and O–H groups in total. The monoisotopic (exact) mass is 140 g/mol. The van der Waals surface area contributed by atoms with Crippen LogP contribution in [0.25, 0.3) is 0 Å². The van der Waals surface area contributed by atoms with Gasteiger partial charge >= 0.3 is 0 Å². The smallest absolute Gasteiger partial charge is 0.103 e. The number of hydrogen-bond acceptors (Lipinski definition) is 2. The van der Waals surface area contributed by atoms with Gasteiger partial charge in [-0.1, -0.05) is 0 Å². The van der Waals surface area contributed by atoms with Crippen molar-refractivity contribution in [2.75, 3.05) is 0 Å². The first kappa shape index (κ1) is 7.28. The van der Waals surface area contributed by atoms with E-state index in [1.165, 1.54) is 0 Å². The van der Waals surface area contributed by atoms with Gasteiger partial charge in [-0.2, -0.15) is 0 Å². The predicted molar refractivity (Wildman–Crippen MR) is 38.7 cm³/mol. The number of aliphatic hydroxyl groups excluding tert-OH is 1. The third-order valence-electron chi connectivity index (χ3n) is 1.26. The molecule has 3 heteroatoms. The fourth-order valence-electron chi connectivity index (χ4n) is 0.875. The molecule has 1 rings (SSSR count). The van der Waals surface area contributed by atoms with Crippen molar-refractivity contribution in [1.29, 1.82) is 0 Å². The van der Waals surface area contributed by atoms with Gasteiger partial charge < -0.3 is 10.1 Å². The van der Waals surface area contributed by atoms with Crippen molar-refractivity contribution < 1.29 is 5.11 Å². The van der Waals surface area contributed by atoms with Crippen molar-refractivity contribution >= 4 is 0 Å². The summed E-state index contributed by atoms with van der Waals surface area (Å²) in [5, 5.41) is 8.96. The van der Waals surface area contributed by atoms with Gasteiger partial charge in [-0.15, -0.1) is 0 Å². The Bertz CT molecular complexity index is 205. The van der Waals surface area contributed by atoms with E-state index in [2.05, 4.69) is 9.97 Å². The number of aryl methyl sites for hydroxylation is 1. The molecule has 10 heavy (non-hydrogen) atoms. The van der Waals surface area contributed by atoms with Gasteiger partial charge in [0.05, 0.1) is 11.8 Å². The van der Waals surface area contributed by atoms with Crippen LogP contribution in [0.5, 0.6) is 0 Å². The second-order valence-electron chi connectivity index (χ2n) is 2.53. The SMILES string of the molecule is Cc1nc(CC(C)O)c[nH]1. The molecule has 0 spiro atoms. The standard InChI is InChI=1S/C7H12N2O/c1-5(10)3-7-4-8-6(2)9-7/h4-5,10H,3H2,1-2H3,(H,8,9). The number of aromatic amines is 1. The fourth-order valence-corrected chi connectivity index (χ4v) is 0.875. The zero-order valence-electron chi connectivity index (χ0n) is 6.26. The number of hydrogen-bond donors (Lipinski definition) is 2. The molecule has 0 aromatic carbocycles. The minimum Gasteiger partial charge on any atom is -0.393 e. The van der Waals surface area contributed by atoms with Crippen LogP contribution in [-0.2, 0) is 6.42 Å². The molecule has 0 radical (unpaired) electrons. The van der Waals surface area contributed by atoms with Gasteiger partial charge in [-0.3, -0.25) is 0 Å². The van der Waals surface area contributed by atoms with Gasteiger partial charge in [-0.25, -0.2) is 4.98 Å². The number of aliphatic hydroxyl groups is 1. The first-order valence-electron chi connectivity index (χ1n) is 3.37. The number of aromatic nitrogens is 2. The highest BCUT2D eigenvalue weighted by molar-refractivity contribution is 5.00. The van der Waals surface area contributed by atoms with Crippen LogP contribution in [0.2, 0.25) is 0 Å². The molecule has 0 aliphatic carbocycles. The molecular weight excluding hydrogens is 128 g/mol. The van der Waals surface area contributed by atoms with E-state index in [4.69, 9.17) is 5.11 Å². The molecule has 0 saturated carbocycles. The van der Waals surface area contributed by atoms with Crippen LogP contribution < -0.4 is 0 Å². The molecule has 3 nitrogen and oxygen atoms in total. The Labute approximate surface area is 60.1 Å². The van der Waals surface area contributed by atoms with Gasteiger partial charge in [0, 0.05) is 12.6 Å². The second-order valence-corrected chi connectivity index (χ2v) is 2.53. The topological polar surface area (TPSA) is 48.9 Å². The second kappa shape index (κ2) is 2.84. The first-order chi connectivity index (χ1) is 4.68. The maximum absolute atomic E-state index is 8.96. The maximum atomic E-state index is 8.96. The van der Waals surface area contributed by atoms with E-state index in [9.17, 15) is 0 Å². The summed E-state index contributed by atoms with van der Waals surface area (Å²) in [6, 6.07) is 0. The molecule has 1 aromatic rings. The summed E-state index contributed by atoms with van der Waals surface area (Å²) in [6.07, 6.45) is 2.15. The van der Waals surface area contributed by atoms with Gasteiger partial charge in [-0.05, 0) is 13.8 Å². The largest absolute Gasteiger partial charge is 0.393 e. The quantitative estimate of drug-likeness (QED) is 0.633. The third kappa shape index (κ3) is 1.84. The van der Waals surface area contributed by atoms with Crippen molar-refractivity contribution in [3.05, 3.63) is 17.7 Å². The van der Waals surface area contributed by atoms with Crippen molar-refractivity contribution in [3.63, 3.8) is 0 Å². The summed E-state index contributed by atoms with van der Waals surface area (Å²) in [7, 11) is 0. The molecule has 0 bridgehead atoms. The van der Waals surface area contributed by atoms with Crippen LogP contribution in [0, 0.1) is 6.92 Å². The Morgan fingerprint density at radius 1 is 1.80 bits per heavy atom. The molecule has 56 valence electrons. The summed E-state index contributed by atoms with van der Waals surface area (Å²) in [4.78, 5) is 7.09. The van der Waals surface area contributed by atoms with Crippen LogP contribution in [0.3, 0.4) is 0 Å². The first-order valence-corrected chi connectivity index (χ1v) is 3.37. The third-order valence-corrected chi connectivity index (χ3v) is 1.26. The van der Waals surface area contributed by atoms with Crippen LogP contribution in [0.15, 0.2) is 6.20 Å². The summed E-state index contributed by atoms with van der Waals surface area (Å²) >= 11 is 0. The number of H-pyrrole nitrogens is 1. The summed E-state index contributed by atoms with van der Waals surface area (Å²) < 4.78 is 0. The molecule has 0 saturated heterocycles. The lowest BCUT2D eigenvalue weighted by Crippen LogP contribution is -2.04. The summed E-state index contributed by atoms with van der Waals surface area (Å²) in [5.41, 5.74) is 0.924. The van der Waals surface area contributed by atoms with Crippen LogP contribution in [0.1, 0.15) is 18.4 Å². The zero-order chi connectivity index (χ0) is 7.56. The lowest BCUT2D eigenvalue weighted by molar-refractivity contribution is 0.194. The van der Waals surface area contributed by atoms with Crippen LogP contribution >= 0.6 is 0 Å². The summed E-state index contributed by atoms with van der Waals surface area (Å²) in [5.74, 6) is 0.899. The van der Waals surface area contributed by atoms with Crippen LogP contribution in [0.4, 0.5) is 0 Å². The minimum atomic E-state index is -0.303. The molecule has 0 aliphatic heterocycles. The molecule has 1 heterocycles. The lowest BCUT2D eigenvalue weighted by Gasteiger charge is -1.97. The number of rotatable bonds is 2. The molecule has 1 atom stereocenters. The normalized spacial score (nSPS) is 13.5. The Balaban J connectivity index is 2.58. The summed E-state index contributed by atoms with van der Waals surface area (Å²) in [6.45, 7) is 3.65. The Kier molecular flexibility index (Phi) is 2.06. The minimum absolute atomic E-state index is 0.303. The number of nitrogens with zero attached hydrogens (tertiary/aromatic N) is 1. The van der Waals surface area contributed by atoms with E-state index < -0.39 is 0 Å². The van der Waals surface area contributed by atoms with Crippen LogP contribution in [-0.4, -0.2) is 21.2 Å². The zero-order valence-corrected chi connectivity index (χ0v) is 6.26. The highest BCUT2D eigenvalue weighted by Crippen LogP contribution is 1.99. The highest BCUT2D eigenvalue weighted by Gasteiger charge is 2.00. The Morgan fingerprint density at radius 3 is 2.90 bits per heavy atom. The average molecular weight is 140 g/mol. The van der Waals surface area contributed by atoms with E-state index in [0.717, 1.165) is 11.5 Å². The molecule has 1 unspecified atom stereocenters. The number of nitrogens with one attached hydrogen (secondary N) is 1. The fraction of sp³-hybridized carbons (Fsp3) is 0.571. The van der Waals surface area contributed by atoms with E-state index in [1.54, 1.807) is 6.92 Å². The molecule has 1 aromatic heterocycles. The van der Waals surface area contributed by atoms with Crippen molar-refractivity contribution in [2.24, 2.45) is 0 Å². The molecular formula is C7H12N2O. The van der Waals surface area contributed by atoms with Crippen molar-refractivity contribution in [2.45, 2.75) is 26.4 Å². The van der Waals surface area contributed by atoms with E-state index in [0.29, 0.717) is 6.42 Å². The average Bonchev–Trinajstić information content (AvgIpc) is 2.13. The van der Waals surface area contributed by atoms with Crippen molar-refractivity contribution in [1.82, 2.24) is 9.97 Å². The highest BCUT2D eigenvalue weighted by atomic mass is 16.3. The lowest BCUT2D eigenvalue weighted by atomic mass is 10.2.